The fourth-order valence-electron chi connectivity index (χ4n) is 16.5. The second-order valence-corrected chi connectivity index (χ2v) is 21.3. The maximum atomic E-state index is 6.04. The summed E-state index contributed by atoms with van der Waals surface area (Å²) in [4.78, 5) is 12.1. The molecule has 2 spiro atoms. The third-order valence-corrected chi connectivity index (χ3v) is 18.7. The van der Waals surface area contributed by atoms with E-state index in [1.807, 2.05) is 0 Å². The average molecular weight is 913 g/mol. The normalized spacial score (nSPS) is 16.0. The molecule has 10 nitrogen and oxygen atoms in total. The molecule has 0 unspecified atom stereocenters. The van der Waals surface area contributed by atoms with Crippen LogP contribution in [0.5, 0.6) is 0 Å². The molecule has 17 heterocycles. The SMILES string of the molecule is c1cc2c3c(c1)ccc1[n+]3C34[n+]5c-1ccc1cccc(c15)-c1ccc5c6nc7c8ccc9[n+]%10c8c8c(ccc%11[n+]8C%108[n+]%10c(ccc%12cccc-%11c%12%10)-c%10ccc%11cccc-9c%11[n+]%108)c7nc6c6ccc-2[n+]3c6c5[n+]14. The van der Waals surface area contributed by atoms with E-state index >= 15 is 0 Å². The zero-order chi connectivity index (χ0) is 45.3. The Hall–Kier alpha value is -9.80. The summed E-state index contributed by atoms with van der Waals surface area (Å²) in [6.07, 6.45) is 0. The van der Waals surface area contributed by atoms with Crippen LogP contribution in [0.2, 0.25) is 0 Å². The fourth-order valence-corrected chi connectivity index (χ4v) is 16.5. The number of rotatable bonds is 0. The van der Waals surface area contributed by atoms with Gasteiger partial charge in [0.2, 0.25) is 44.8 Å². The van der Waals surface area contributed by atoms with Crippen molar-refractivity contribution < 1.29 is 36.5 Å². The van der Waals surface area contributed by atoms with Crippen LogP contribution in [0.25, 0.3) is 177 Å². The molecule has 318 valence electrons. The number of benzene rings is 6. The molecular formula is C62H28N10+8. The van der Waals surface area contributed by atoms with Crippen molar-refractivity contribution in [3.05, 3.63) is 170 Å². The van der Waals surface area contributed by atoms with Gasteiger partial charge in [0.1, 0.15) is 44.3 Å². The molecule has 0 fully saturated rings. The quantitative estimate of drug-likeness (QED) is 0.0917. The maximum Gasteiger partial charge on any atom is 0.772 e. The van der Waals surface area contributed by atoms with Gasteiger partial charge in [0.05, 0.1) is 21.5 Å². The minimum atomic E-state index is -0.790. The Morgan fingerprint density at radius 3 is 0.722 bits per heavy atom. The second kappa shape index (κ2) is 9.57. The van der Waals surface area contributed by atoms with Crippen molar-refractivity contribution >= 4 is 109 Å². The van der Waals surface area contributed by atoms with Crippen LogP contribution in [0, 0.1) is 0 Å². The Balaban J connectivity index is 0.953. The highest BCUT2D eigenvalue weighted by Crippen LogP contribution is 2.49. The van der Waals surface area contributed by atoms with E-state index in [4.69, 9.17) is 9.97 Å². The first-order valence-corrected chi connectivity index (χ1v) is 25.0. The van der Waals surface area contributed by atoms with Gasteiger partial charge >= 0.3 is 33.9 Å². The molecule has 0 radical (unpaired) electrons. The third-order valence-electron chi connectivity index (χ3n) is 18.7. The Morgan fingerprint density at radius 1 is 0.222 bits per heavy atom. The van der Waals surface area contributed by atoms with Crippen LogP contribution in [-0.4, -0.2) is 9.97 Å². The average Bonchev–Trinajstić information content (AvgIpc) is 4.15. The molecule has 0 N–H and O–H groups in total. The highest BCUT2D eigenvalue weighted by atomic mass is 15.6. The number of nitrogens with zero attached hydrogens (tertiary/aromatic N) is 10. The van der Waals surface area contributed by atoms with Gasteiger partial charge in [-0.2, -0.15) is 0 Å². The number of hydrogen-bond acceptors (Lipinski definition) is 2. The summed E-state index contributed by atoms with van der Waals surface area (Å²) in [5, 5.41) is 9.34. The Labute approximate surface area is 403 Å². The molecule has 9 aromatic heterocycles. The van der Waals surface area contributed by atoms with E-state index in [0.29, 0.717) is 0 Å². The van der Waals surface area contributed by atoms with Crippen molar-refractivity contribution in [2.75, 3.05) is 0 Å². The minimum absolute atomic E-state index is 0.790. The van der Waals surface area contributed by atoms with Crippen molar-refractivity contribution in [3.63, 3.8) is 0 Å². The smallest absolute Gasteiger partial charge is 0.243 e. The van der Waals surface area contributed by atoms with E-state index in [2.05, 4.69) is 206 Å². The van der Waals surface area contributed by atoms with E-state index in [1.54, 1.807) is 0 Å². The Kier molecular flexibility index (Phi) is 4.37. The predicted molar refractivity (Wildman–Crippen MR) is 267 cm³/mol. The largest absolute Gasteiger partial charge is 0.772 e. The van der Waals surface area contributed by atoms with Gasteiger partial charge in [-0.1, -0.05) is 24.3 Å². The van der Waals surface area contributed by atoms with E-state index < -0.39 is 11.8 Å². The van der Waals surface area contributed by atoms with E-state index in [1.165, 1.54) is 133 Å². The number of hydrogen-bond donors (Lipinski definition) is 0. The summed E-state index contributed by atoms with van der Waals surface area (Å²) in [7, 11) is 0. The summed E-state index contributed by atoms with van der Waals surface area (Å²) in [6.45, 7) is 0. The molecule has 8 aliphatic rings. The lowest BCUT2D eigenvalue weighted by Gasteiger charge is -2.18. The second-order valence-electron chi connectivity index (χ2n) is 21.3. The predicted octanol–water partition coefficient (Wildman–Crippen LogP) is 7.24. The van der Waals surface area contributed by atoms with Gasteiger partial charge in [-0.05, 0) is 97.1 Å². The molecular weight excluding hydrogens is 885 g/mol. The molecule has 0 atom stereocenters. The van der Waals surface area contributed by atoms with Gasteiger partial charge in [-0.15, -0.1) is 0 Å². The zero-order valence-electron chi connectivity index (χ0n) is 37.6. The van der Waals surface area contributed by atoms with Gasteiger partial charge in [0.15, 0.2) is 0 Å². The van der Waals surface area contributed by atoms with Gasteiger partial charge < -0.3 is 0 Å². The van der Waals surface area contributed by atoms with Crippen molar-refractivity contribution in [1.82, 2.24) is 9.97 Å². The van der Waals surface area contributed by atoms with Crippen molar-refractivity contribution in [1.29, 1.82) is 0 Å². The van der Waals surface area contributed by atoms with Crippen LogP contribution in [0.1, 0.15) is 0 Å². The molecule has 0 aliphatic carbocycles. The highest BCUT2D eigenvalue weighted by molar-refractivity contribution is 6.25. The fraction of sp³-hybridized carbons (Fsp3) is 0.0323. The lowest BCUT2D eigenvalue weighted by Crippen LogP contribution is -2.96. The van der Waals surface area contributed by atoms with Gasteiger partial charge in [-0.3, -0.25) is 0 Å². The molecule has 0 saturated heterocycles. The van der Waals surface area contributed by atoms with E-state index in [0.717, 1.165) is 43.6 Å². The van der Waals surface area contributed by atoms with E-state index in [9.17, 15) is 0 Å². The first kappa shape index (κ1) is 32.9. The van der Waals surface area contributed by atoms with Crippen molar-refractivity contribution in [2.45, 2.75) is 11.8 Å². The highest BCUT2D eigenvalue weighted by Gasteiger charge is 2.88. The topological polar surface area (TPSA) is 56.8 Å². The summed E-state index contributed by atoms with van der Waals surface area (Å²) >= 11 is 0. The van der Waals surface area contributed by atoms with Crippen LogP contribution in [0.4, 0.5) is 0 Å². The summed E-state index contributed by atoms with van der Waals surface area (Å²) < 4.78 is 21.3. The van der Waals surface area contributed by atoms with Crippen LogP contribution in [0.15, 0.2) is 170 Å². The molecule has 6 aromatic carbocycles. The Bertz CT molecular complexity index is 4970. The van der Waals surface area contributed by atoms with Crippen LogP contribution >= 0.6 is 0 Å². The summed E-state index contributed by atoms with van der Waals surface area (Å²) in [5.74, 6) is -1.58. The van der Waals surface area contributed by atoms with Gasteiger partial charge in [-0.25, -0.2) is 9.97 Å². The van der Waals surface area contributed by atoms with Crippen LogP contribution in [0.3, 0.4) is 0 Å². The molecule has 10 heteroatoms. The lowest BCUT2D eigenvalue weighted by atomic mass is 9.99. The maximum absolute atomic E-state index is 6.04. The number of aromatic nitrogens is 10. The number of pyridine rings is 8. The number of fused-ring (bicyclic) bond motifs is 12. The van der Waals surface area contributed by atoms with Crippen molar-refractivity contribution in [2.24, 2.45) is 0 Å². The zero-order valence-corrected chi connectivity index (χ0v) is 37.6. The molecule has 0 bridgehead atoms. The third kappa shape index (κ3) is 2.73. The summed E-state index contributed by atoms with van der Waals surface area (Å²) in [6, 6.07) is 64.7. The van der Waals surface area contributed by atoms with Crippen LogP contribution < -0.4 is 36.5 Å². The number of para-hydroxylation sites is 4. The molecule has 72 heavy (non-hydrogen) atoms. The summed E-state index contributed by atoms with van der Waals surface area (Å²) in [5.41, 5.74) is 28.0. The minimum Gasteiger partial charge on any atom is -0.243 e. The van der Waals surface area contributed by atoms with E-state index in [-0.39, 0.29) is 0 Å². The van der Waals surface area contributed by atoms with Gasteiger partial charge in [0, 0.05) is 107 Å². The molecule has 8 aliphatic heterocycles. The molecule has 23 rings (SSSR count). The standard InChI is InChI=1S/C62H28N10/c1-5-29-13-21-45-46-22-14-30-6-2-10-34-42-26-18-38-50-49(37-17-25-41-33(9-1)53(29)69(45)61(70(46)54(30)34)65(41)57(37)58(38)66(42)61)63-51-39-19-27-43-35-11-3-7-31-15-23-47-48-24-16-32-8-4-12-36-44-28-20-40(52(51)64-50)60-59(39)67(43)62(68(44)60,71(47)55(31)35)72(48)56(32)36/h1-28H/q+8. The van der Waals surface area contributed by atoms with Gasteiger partial charge in [0.25, 0.3) is 22.8 Å². The lowest BCUT2D eigenvalue weighted by molar-refractivity contribution is -1.28. The van der Waals surface area contributed by atoms with Crippen molar-refractivity contribution in [3.8, 4) is 67.8 Å². The Morgan fingerprint density at radius 2 is 0.458 bits per heavy atom. The first-order valence-electron chi connectivity index (χ1n) is 25.0. The monoisotopic (exact) mass is 912 g/mol. The van der Waals surface area contributed by atoms with Crippen LogP contribution in [-0.2, 0) is 11.8 Å². The molecule has 0 saturated carbocycles. The molecule has 0 amide bonds. The first-order chi connectivity index (χ1) is 35.7. The molecule has 15 aromatic rings.